The van der Waals surface area contributed by atoms with Crippen LogP contribution in [-0.4, -0.2) is 87.9 Å². The number of rotatable bonds is 8. The Hall–Kier alpha value is -1.33. The number of morpholine rings is 1. The van der Waals surface area contributed by atoms with Crippen molar-refractivity contribution in [1.29, 1.82) is 0 Å². The number of guanidine groups is 1. The van der Waals surface area contributed by atoms with Crippen LogP contribution in [0, 0.1) is 5.92 Å². The fraction of sp³-hybridized carbons (Fsp3) is 0.714. The monoisotopic (exact) mass is 534 g/mol. The molecule has 1 aromatic heterocycles. The van der Waals surface area contributed by atoms with Gasteiger partial charge in [0, 0.05) is 52.2 Å². The van der Waals surface area contributed by atoms with Crippen LogP contribution >= 0.6 is 24.0 Å². The Balaban J connectivity index is 0.00000320. The fourth-order valence-corrected chi connectivity index (χ4v) is 3.82. The summed E-state index contributed by atoms with van der Waals surface area (Å²) in [6.45, 7) is 7.93. The van der Waals surface area contributed by atoms with Gasteiger partial charge in [-0.1, -0.05) is 0 Å². The number of likely N-dealkylation sites (tertiary alicyclic amines) is 1. The molecule has 2 aliphatic heterocycles. The number of aliphatic imine (C=N–C) groups is 1. The van der Waals surface area contributed by atoms with E-state index in [1.165, 1.54) is 7.11 Å². The van der Waals surface area contributed by atoms with Crippen molar-refractivity contribution in [2.24, 2.45) is 10.9 Å². The lowest BCUT2D eigenvalue weighted by atomic mass is 9.97. The summed E-state index contributed by atoms with van der Waals surface area (Å²) in [5.41, 5.74) is 0. The van der Waals surface area contributed by atoms with Crippen molar-refractivity contribution in [3.8, 4) is 0 Å². The van der Waals surface area contributed by atoms with Crippen LogP contribution in [-0.2, 0) is 20.7 Å². The smallest absolute Gasteiger partial charge is 0.308 e. The van der Waals surface area contributed by atoms with E-state index in [-0.39, 0.29) is 35.9 Å². The summed E-state index contributed by atoms with van der Waals surface area (Å²) in [4.78, 5) is 21.4. The molecule has 8 nitrogen and oxygen atoms in total. The summed E-state index contributed by atoms with van der Waals surface area (Å²) in [5.74, 6) is 1.80. The average Bonchev–Trinajstić information content (AvgIpc) is 3.29. The van der Waals surface area contributed by atoms with Gasteiger partial charge in [-0.3, -0.25) is 14.7 Å². The second-order valence-corrected chi connectivity index (χ2v) is 7.55. The zero-order valence-electron chi connectivity index (χ0n) is 17.9. The predicted molar refractivity (Wildman–Crippen MR) is 126 cm³/mol. The number of piperidine rings is 1. The highest BCUT2D eigenvalue weighted by Crippen LogP contribution is 2.18. The van der Waals surface area contributed by atoms with Gasteiger partial charge in [0.25, 0.3) is 0 Å². The van der Waals surface area contributed by atoms with Crippen LogP contribution in [0.25, 0.3) is 0 Å². The van der Waals surface area contributed by atoms with E-state index >= 15 is 0 Å². The van der Waals surface area contributed by atoms with Crippen molar-refractivity contribution < 1.29 is 18.7 Å². The summed E-state index contributed by atoms with van der Waals surface area (Å²) in [5, 5.41) is 3.49. The van der Waals surface area contributed by atoms with E-state index < -0.39 is 0 Å². The van der Waals surface area contributed by atoms with Gasteiger partial charge in [0.05, 0.1) is 32.5 Å². The largest absolute Gasteiger partial charge is 0.469 e. The van der Waals surface area contributed by atoms with E-state index in [1.54, 1.807) is 6.26 Å². The number of nitrogens with one attached hydrogen (secondary N) is 1. The Bertz CT molecular complexity index is 627. The van der Waals surface area contributed by atoms with Crippen LogP contribution in [0.4, 0.5) is 0 Å². The lowest BCUT2D eigenvalue weighted by molar-refractivity contribution is -0.146. The highest BCUT2D eigenvalue weighted by Gasteiger charge is 2.27. The van der Waals surface area contributed by atoms with Crippen LogP contribution in [0.3, 0.4) is 0 Å². The van der Waals surface area contributed by atoms with Gasteiger partial charge in [0.2, 0.25) is 0 Å². The summed E-state index contributed by atoms with van der Waals surface area (Å²) < 4.78 is 15.7. The average molecular weight is 534 g/mol. The lowest BCUT2D eigenvalue weighted by Crippen LogP contribution is -2.47. The van der Waals surface area contributed by atoms with Crippen molar-refractivity contribution >= 4 is 35.9 Å². The Morgan fingerprint density at radius 1 is 1.27 bits per heavy atom. The minimum atomic E-state index is -0.0978. The number of ether oxygens (including phenoxy) is 2. The summed E-state index contributed by atoms with van der Waals surface area (Å²) >= 11 is 0. The van der Waals surface area contributed by atoms with E-state index in [4.69, 9.17) is 18.9 Å². The van der Waals surface area contributed by atoms with Crippen molar-refractivity contribution in [3.63, 3.8) is 0 Å². The Kier molecular flexibility index (Phi) is 11.5. The van der Waals surface area contributed by atoms with Gasteiger partial charge >= 0.3 is 5.97 Å². The molecule has 0 unspecified atom stereocenters. The van der Waals surface area contributed by atoms with Crippen molar-refractivity contribution in [3.05, 3.63) is 24.2 Å². The number of nitrogens with zero attached hydrogens (tertiary/aromatic N) is 3. The molecule has 3 heterocycles. The number of halogens is 1. The maximum Gasteiger partial charge on any atom is 0.308 e. The van der Waals surface area contributed by atoms with Crippen molar-refractivity contribution in [1.82, 2.24) is 15.1 Å². The normalized spacial score (nSPS) is 18.7. The maximum atomic E-state index is 11.8. The molecule has 0 aliphatic carbocycles. The molecule has 1 aromatic rings. The van der Waals surface area contributed by atoms with Crippen LogP contribution in [0.15, 0.2) is 27.8 Å². The van der Waals surface area contributed by atoms with Gasteiger partial charge in [-0.2, -0.15) is 0 Å². The van der Waals surface area contributed by atoms with Crippen LogP contribution in [0.1, 0.15) is 25.0 Å². The van der Waals surface area contributed by atoms with E-state index in [2.05, 4.69) is 15.1 Å². The molecule has 1 N–H and O–H groups in total. The third-order valence-corrected chi connectivity index (χ3v) is 5.56. The number of hydrogen-bond acceptors (Lipinski definition) is 6. The summed E-state index contributed by atoms with van der Waals surface area (Å²) in [6, 6.07) is 3.90. The molecule has 0 radical (unpaired) electrons. The second kappa shape index (κ2) is 13.9. The highest BCUT2D eigenvalue weighted by molar-refractivity contribution is 14.0. The first-order valence-electron chi connectivity index (χ1n) is 10.7. The number of carbonyl (C=O) groups excluding carboxylic acids is 1. The summed E-state index contributed by atoms with van der Waals surface area (Å²) in [6.07, 6.45) is 5.16. The predicted octanol–water partition coefficient (Wildman–Crippen LogP) is 1.99. The van der Waals surface area contributed by atoms with Gasteiger partial charge in [0.1, 0.15) is 5.76 Å². The minimum Gasteiger partial charge on any atom is -0.469 e. The number of furan rings is 1. The third kappa shape index (κ3) is 8.07. The Labute approximate surface area is 196 Å². The summed E-state index contributed by atoms with van der Waals surface area (Å²) in [7, 11) is 1.46. The number of hydrogen-bond donors (Lipinski definition) is 1. The van der Waals surface area contributed by atoms with Crippen molar-refractivity contribution in [2.75, 3.05) is 66.1 Å². The first-order valence-corrected chi connectivity index (χ1v) is 10.7. The van der Waals surface area contributed by atoms with Crippen LogP contribution < -0.4 is 5.32 Å². The quantitative estimate of drug-likeness (QED) is 0.180. The first kappa shape index (κ1) is 24.9. The molecule has 0 bridgehead atoms. The van der Waals surface area contributed by atoms with Gasteiger partial charge in [0.15, 0.2) is 5.96 Å². The number of methoxy groups -OCH3 is 1. The standard InChI is InChI=1S/C21H34N4O4.HI/c1-27-20(26)18-6-11-25(12-7-18)21(23-9-5-19-4-2-15-29-19)22-8-3-10-24-13-16-28-17-14-24;/h2,4,15,18H,3,5-14,16-17H2,1H3,(H,22,23);1H. The highest BCUT2D eigenvalue weighted by atomic mass is 127. The molecule has 0 atom stereocenters. The maximum absolute atomic E-state index is 11.8. The molecule has 0 amide bonds. The van der Waals surface area contributed by atoms with E-state index in [1.807, 2.05) is 12.1 Å². The van der Waals surface area contributed by atoms with E-state index in [9.17, 15) is 4.79 Å². The van der Waals surface area contributed by atoms with Gasteiger partial charge in [-0.15, -0.1) is 24.0 Å². The van der Waals surface area contributed by atoms with Crippen molar-refractivity contribution in [2.45, 2.75) is 25.7 Å². The zero-order valence-corrected chi connectivity index (χ0v) is 20.2. The SMILES string of the molecule is COC(=O)C1CCN(C(=NCCCN2CCOCC2)NCCc2ccco2)CC1.I. The molecule has 0 aromatic carbocycles. The Morgan fingerprint density at radius 2 is 2.03 bits per heavy atom. The molecule has 2 aliphatic rings. The van der Waals surface area contributed by atoms with E-state index in [0.29, 0.717) is 0 Å². The molecule has 3 rings (SSSR count). The fourth-order valence-electron chi connectivity index (χ4n) is 3.82. The zero-order chi connectivity index (χ0) is 20.3. The molecule has 0 saturated carbocycles. The Morgan fingerprint density at radius 3 is 2.70 bits per heavy atom. The van der Waals surface area contributed by atoms with Crippen LogP contribution in [0.5, 0.6) is 0 Å². The second-order valence-electron chi connectivity index (χ2n) is 7.55. The lowest BCUT2D eigenvalue weighted by Gasteiger charge is -2.33. The first-order chi connectivity index (χ1) is 14.3. The third-order valence-electron chi connectivity index (χ3n) is 5.56. The molecule has 30 heavy (non-hydrogen) atoms. The van der Waals surface area contributed by atoms with Crippen LogP contribution in [0.2, 0.25) is 0 Å². The van der Waals surface area contributed by atoms with Gasteiger partial charge in [-0.05, 0) is 31.4 Å². The molecule has 170 valence electrons. The van der Waals surface area contributed by atoms with Gasteiger partial charge in [-0.25, -0.2) is 0 Å². The molecule has 0 spiro atoms. The minimum absolute atomic E-state index is 0. The topological polar surface area (TPSA) is 79.5 Å². The molecular weight excluding hydrogens is 499 g/mol. The molecule has 2 fully saturated rings. The molecule has 9 heteroatoms. The molecular formula is C21H35IN4O4. The number of esters is 1. The molecule has 2 saturated heterocycles. The van der Waals surface area contributed by atoms with E-state index in [0.717, 1.165) is 96.4 Å². The number of carbonyl (C=O) groups is 1. The van der Waals surface area contributed by atoms with Gasteiger partial charge < -0.3 is 24.1 Å².